The second-order valence-electron chi connectivity index (χ2n) is 4.29. The van der Waals surface area contributed by atoms with E-state index in [0.29, 0.717) is 12.1 Å². The summed E-state index contributed by atoms with van der Waals surface area (Å²) in [4.78, 5) is -1.14. The molecule has 2 aromatic rings. The van der Waals surface area contributed by atoms with Gasteiger partial charge in [0.25, 0.3) is 0 Å². The second kappa shape index (κ2) is 5.57. The average Bonchev–Trinajstić information content (AvgIpc) is 2.33. The van der Waals surface area contributed by atoms with E-state index in [-0.39, 0.29) is 16.3 Å². The molecule has 0 saturated heterocycles. The number of rotatable bonds is 3. The predicted molar refractivity (Wildman–Crippen MR) is 73.1 cm³/mol. The summed E-state index contributed by atoms with van der Waals surface area (Å²) in [6.07, 6.45) is 0. The number of hydrogen-bond acceptors (Lipinski definition) is 3. The zero-order valence-electron chi connectivity index (χ0n) is 10.4. The van der Waals surface area contributed by atoms with E-state index in [0.717, 1.165) is 0 Å². The van der Waals surface area contributed by atoms with Crippen molar-refractivity contribution >= 4 is 27.1 Å². The number of anilines is 1. The average molecular weight is 336 g/mol. The largest absolute Gasteiger partial charge is 0.399 e. The van der Waals surface area contributed by atoms with Crippen LogP contribution in [0.3, 0.4) is 0 Å². The molecule has 2 aromatic carbocycles. The number of nitrogen functional groups attached to an aromatic ring is 1. The third-order valence-corrected chi connectivity index (χ3v) is 4.70. The molecule has 0 aliphatic heterocycles. The first-order valence-corrected chi connectivity index (χ1v) is 7.65. The third kappa shape index (κ3) is 3.14. The van der Waals surface area contributed by atoms with Gasteiger partial charge in [-0.2, -0.15) is 0 Å². The van der Waals surface area contributed by atoms with Gasteiger partial charge in [-0.1, -0.05) is 23.7 Å². The maximum absolute atomic E-state index is 13.7. The molecule has 0 heterocycles. The molecular formula is C13H9ClF3NO2S. The van der Waals surface area contributed by atoms with E-state index in [1.807, 2.05) is 0 Å². The van der Waals surface area contributed by atoms with Gasteiger partial charge in [-0.15, -0.1) is 0 Å². The zero-order valence-corrected chi connectivity index (χ0v) is 12.0. The molecule has 8 heteroatoms. The molecule has 0 spiro atoms. The summed E-state index contributed by atoms with van der Waals surface area (Å²) < 4.78 is 65.2. The molecule has 0 bridgehead atoms. The van der Waals surface area contributed by atoms with Crippen molar-refractivity contribution in [3.05, 3.63) is 58.4 Å². The Bertz CT molecular complexity index is 786. The van der Waals surface area contributed by atoms with Gasteiger partial charge < -0.3 is 5.73 Å². The summed E-state index contributed by atoms with van der Waals surface area (Å²) in [6.45, 7) is 0. The number of hydrogen-bond donors (Lipinski definition) is 1. The van der Waals surface area contributed by atoms with Crippen molar-refractivity contribution in [1.82, 2.24) is 0 Å². The van der Waals surface area contributed by atoms with Crippen LogP contribution in [0.1, 0.15) is 5.56 Å². The Hall–Kier alpha value is -1.73. The van der Waals surface area contributed by atoms with Gasteiger partial charge in [-0.05, 0) is 18.2 Å². The second-order valence-corrected chi connectivity index (χ2v) is 6.62. The first-order chi connectivity index (χ1) is 9.72. The quantitative estimate of drug-likeness (QED) is 0.875. The number of nitrogens with two attached hydrogens (primary N) is 1. The van der Waals surface area contributed by atoms with Crippen molar-refractivity contribution in [3.63, 3.8) is 0 Å². The molecule has 0 radical (unpaired) electrons. The lowest BCUT2D eigenvalue weighted by Gasteiger charge is -2.09. The van der Waals surface area contributed by atoms with Crippen molar-refractivity contribution in [3.8, 4) is 0 Å². The molecule has 0 fully saturated rings. The van der Waals surface area contributed by atoms with E-state index in [9.17, 15) is 21.6 Å². The van der Waals surface area contributed by atoms with Crippen LogP contribution in [-0.2, 0) is 15.6 Å². The normalized spacial score (nSPS) is 11.6. The molecule has 112 valence electrons. The van der Waals surface area contributed by atoms with Crippen molar-refractivity contribution in [2.45, 2.75) is 10.6 Å². The van der Waals surface area contributed by atoms with Crippen LogP contribution in [0.2, 0.25) is 5.02 Å². The Morgan fingerprint density at radius 1 is 1.10 bits per heavy atom. The minimum atomic E-state index is -4.43. The van der Waals surface area contributed by atoms with E-state index in [2.05, 4.69) is 0 Å². The van der Waals surface area contributed by atoms with Crippen LogP contribution in [0.5, 0.6) is 0 Å². The molecule has 0 aliphatic carbocycles. The minimum Gasteiger partial charge on any atom is -0.399 e. The molecule has 0 amide bonds. The fourth-order valence-corrected chi connectivity index (χ4v) is 3.50. The highest BCUT2D eigenvalue weighted by Crippen LogP contribution is 2.27. The molecule has 0 saturated carbocycles. The monoisotopic (exact) mass is 335 g/mol. The first kappa shape index (κ1) is 15.7. The smallest absolute Gasteiger partial charge is 0.188 e. The number of sulfone groups is 1. The Morgan fingerprint density at radius 3 is 2.24 bits per heavy atom. The fourth-order valence-electron chi connectivity index (χ4n) is 1.81. The summed E-state index contributed by atoms with van der Waals surface area (Å²) in [5, 5.41) is -0.277. The molecule has 0 unspecified atom stereocenters. The Balaban J connectivity index is 2.51. The maximum atomic E-state index is 13.7. The molecule has 3 nitrogen and oxygen atoms in total. The van der Waals surface area contributed by atoms with Gasteiger partial charge in [-0.25, -0.2) is 21.6 Å². The summed E-state index contributed by atoms with van der Waals surface area (Å²) in [5.41, 5.74) is 4.68. The lowest BCUT2D eigenvalue weighted by atomic mass is 10.2. The van der Waals surface area contributed by atoms with Gasteiger partial charge in [0.15, 0.2) is 9.84 Å². The van der Waals surface area contributed by atoms with Crippen LogP contribution in [-0.4, -0.2) is 8.42 Å². The summed E-state index contributed by atoms with van der Waals surface area (Å²) >= 11 is 5.54. The lowest BCUT2D eigenvalue weighted by Crippen LogP contribution is -2.11. The third-order valence-electron chi connectivity index (χ3n) is 2.71. The van der Waals surface area contributed by atoms with Crippen LogP contribution in [0.25, 0.3) is 0 Å². The fraction of sp³-hybridized carbons (Fsp3) is 0.0769. The molecule has 2 rings (SSSR count). The lowest BCUT2D eigenvalue weighted by molar-refractivity contribution is 0.519. The van der Waals surface area contributed by atoms with E-state index < -0.39 is 37.9 Å². The topological polar surface area (TPSA) is 60.2 Å². The van der Waals surface area contributed by atoms with Crippen molar-refractivity contribution < 1.29 is 21.6 Å². The predicted octanol–water partition coefficient (Wildman–Crippen LogP) is 3.31. The van der Waals surface area contributed by atoms with Gasteiger partial charge in [0.05, 0.1) is 10.8 Å². The molecule has 21 heavy (non-hydrogen) atoms. The Labute approximate surface area is 124 Å². The van der Waals surface area contributed by atoms with Crippen LogP contribution in [0, 0.1) is 17.5 Å². The van der Waals surface area contributed by atoms with Crippen LogP contribution < -0.4 is 5.73 Å². The van der Waals surface area contributed by atoms with Crippen molar-refractivity contribution in [2.75, 3.05) is 5.73 Å². The van der Waals surface area contributed by atoms with E-state index >= 15 is 0 Å². The van der Waals surface area contributed by atoms with Crippen molar-refractivity contribution in [1.29, 1.82) is 0 Å². The van der Waals surface area contributed by atoms with Gasteiger partial charge in [0, 0.05) is 11.3 Å². The molecule has 0 atom stereocenters. The van der Waals surface area contributed by atoms with Crippen LogP contribution >= 0.6 is 11.6 Å². The highest BCUT2D eigenvalue weighted by molar-refractivity contribution is 7.90. The molecule has 2 N–H and O–H groups in total. The standard InChI is InChI=1S/C13H9ClF3NO2S/c14-9-3-1-2-7(12(9)17)6-21(19,20)13-10(15)4-8(18)5-11(13)16/h1-5H,6,18H2. The first-order valence-electron chi connectivity index (χ1n) is 5.62. The van der Waals surface area contributed by atoms with Gasteiger partial charge in [0.2, 0.25) is 0 Å². The number of benzene rings is 2. The Morgan fingerprint density at radius 2 is 1.67 bits per heavy atom. The summed E-state index contributed by atoms with van der Waals surface area (Å²) in [5.74, 6) is -4.51. The Kier molecular flexibility index (Phi) is 4.15. The minimum absolute atomic E-state index is 0.252. The molecule has 0 aliphatic rings. The summed E-state index contributed by atoms with van der Waals surface area (Å²) in [7, 11) is -4.43. The van der Waals surface area contributed by atoms with Gasteiger partial charge in [0.1, 0.15) is 22.3 Å². The van der Waals surface area contributed by atoms with Gasteiger partial charge in [-0.3, -0.25) is 0 Å². The van der Waals surface area contributed by atoms with E-state index in [1.54, 1.807) is 0 Å². The van der Waals surface area contributed by atoms with Gasteiger partial charge >= 0.3 is 0 Å². The summed E-state index contributed by atoms with van der Waals surface area (Å²) in [6, 6.07) is 5.11. The molecule has 0 aromatic heterocycles. The highest BCUT2D eigenvalue weighted by atomic mass is 35.5. The maximum Gasteiger partial charge on any atom is 0.188 e. The SMILES string of the molecule is Nc1cc(F)c(S(=O)(=O)Cc2cccc(Cl)c2F)c(F)c1. The van der Waals surface area contributed by atoms with E-state index in [4.69, 9.17) is 17.3 Å². The van der Waals surface area contributed by atoms with Crippen LogP contribution in [0.4, 0.5) is 18.9 Å². The molecular weight excluding hydrogens is 327 g/mol. The highest BCUT2D eigenvalue weighted by Gasteiger charge is 2.26. The van der Waals surface area contributed by atoms with Crippen LogP contribution in [0.15, 0.2) is 35.2 Å². The van der Waals surface area contributed by atoms with Crippen molar-refractivity contribution in [2.24, 2.45) is 0 Å². The number of halogens is 4. The zero-order chi connectivity index (χ0) is 15.8. The van der Waals surface area contributed by atoms with E-state index in [1.165, 1.54) is 18.2 Å².